The third-order valence-electron chi connectivity index (χ3n) is 11.9. The third kappa shape index (κ3) is 47.4. The molecule has 0 saturated carbocycles. The van der Waals surface area contributed by atoms with Crippen molar-refractivity contribution in [3.8, 4) is 0 Å². The molecule has 2 aromatic rings. The standard InChI is InChI=1S/2C23H34O4.2C8H17.Sn/c2*1-2-3-4-5-6-7-8-9-10-11-12-13-16-19-27-23(26)21-18-15-14-17-20(21)22(24)25;2*1-3-5-7-8-6-4-2;/h2*2-3,14-15,17-18H,4-13,16,19H2,1H3,(H,24,25);2*1,3-8H2,2H3;/q;;;;+2/p-2/b2*3-2+;;;. The number of benzene rings is 2. The summed E-state index contributed by atoms with van der Waals surface area (Å²) in [5.41, 5.74) is -0.125. The molecule has 0 unspecified atom stereocenters. The van der Waals surface area contributed by atoms with Crippen molar-refractivity contribution in [2.75, 3.05) is 13.2 Å². The van der Waals surface area contributed by atoms with Crippen LogP contribution in [0.4, 0.5) is 0 Å². The summed E-state index contributed by atoms with van der Waals surface area (Å²) in [5.74, 6) is -3.91. The van der Waals surface area contributed by atoms with Crippen LogP contribution in [0.1, 0.15) is 287 Å². The van der Waals surface area contributed by atoms with Crippen molar-refractivity contribution in [1.29, 1.82) is 0 Å². The molecule has 0 aliphatic rings. The van der Waals surface area contributed by atoms with Crippen LogP contribution < -0.4 is 10.2 Å². The van der Waals surface area contributed by atoms with E-state index in [-0.39, 0.29) is 46.2 Å². The summed E-state index contributed by atoms with van der Waals surface area (Å²) in [5, 5.41) is 22.0. The van der Waals surface area contributed by atoms with E-state index in [1.54, 1.807) is 24.3 Å². The van der Waals surface area contributed by atoms with Crippen molar-refractivity contribution in [2.24, 2.45) is 0 Å². The van der Waals surface area contributed by atoms with Gasteiger partial charge >= 0.3 is 35.8 Å². The van der Waals surface area contributed by atoms with Crippen LogP contribution in [0.3, 0.4) is 0 Å². The first-order valence-electron chi connectivity index (χ1n) is 27.9. The number of allylic oxidation sites excluding steroid dienone is 4. The van der Waals surface area contributed by atoms with Gasteiger partial charge in [0.05, 0.1) is 36.3 Å². The molecule has 0 aliphatic heterocycles. The van der Waals surface area contributed by atoms with Crippen LogP contribution >= 0.6 is 0 Å². The molecular formula is C62H100O8Sn. The number of unbranched alkanes of at least 4 members (excludes halogenated alkanes) is 30. The zero-order chi connectivity index (χ0) is 52.0. The van der Waals surface area contributed by atoms with E-state index in [9.17, 15) is 29.4 Å². The summed E-state index contributed by atoms with van der Waals surface area (Å²) in [6.45, 7) is 16.8. The van der Waals surface area contributed by atoms with Crippen molar-refractivity contribution in [3.05, 3.63) is 109 Å². The predicted octanol–water partition coefficient (Wildman–Crippen LogP) is 16.1. The minimum atomic E-state index is -1.36. The first-order valence-corrected chi connectivity index (χ1v) is 27.9. The number of carbonyl (C=O) groups is 4. The molecule has 71 heavy (non-hydrogen) atoms. The molecule has 9 heteroatoms. The van der Waals surface area contributed by atoms with Gasteiger partial charge in [-0.15, -0.1) is 0 Å². The van der Waals surface area contributed by atoms with E-state index in [0.717, 1.165) is 51.4 Å². The van der Waals surface area contributed by atoms with Gasteiger partial charge in [-0.3, -0.25) is 0 Å². The quantitative estimate of drug-likeness (QED) is 0.0279. The van der Waals surface area contributed by atoms with E-state index < -0.39 is 23.9 Å². The Morgan fingerprint density at radius 1 is 0.408 bits per heavy atom. The number of ether oxygens (including phenoxy) is 2. The van der Waals surface area contributed by atoms with Gasteiger partial charge in [0, 0.05) is 11.1 Å². The monoisotopic (exact) mass is 1090 g/mol. The van der Waals surface area contributed by atoms with E-state index in [1.807, 2.05) is 0 Å². The maximum atomic E-state index is 12.0. The Hall–Kier alpha value is -3.40. The SMILES string of the molecule is C/C=C/CCCCCCCCCCCCOC(=O)c1ccccc1C(=O)[O-].C/C=C/CCCCCCCCCCCCOC(=O)c1ccccc1C(=O)[O-].[CH2]CCCCCCC.[CH2]CCCCCCC.[Sn+2]. The van der Waals surface area contributed by atoms with Crippen LogP contribution in [0.15, 0.2) is 72.8 Å². The van der Waals surface area contributed by atoms with Crippen LogP contribution in [0.2, 0.25) is 0 Å². The zero-order valence-electron chi connectivity index (χ0n) is 45.6. The minimum absolute atomic E-state index is 0. The second-order valence-electron chi connectivity index (χ2n) is 18.3. The van der Waals surface area contributed by atoms with Gasteiger partial charge in [-0.2, -0.15) is 0 Å². The fraction of sp³-hybridized carbons (Fsp3) is 0.645. The molecule has 0 atom stereocenters. The molecule has 0 bridgehead atoms. The Balaban J connectivity index is -0.000000986. The average molecular weight is 1090 g/mol. The van der Waals surface area contributed by atoms with E-state index in [2.05, 4.69) is 65.8 Å². The maximum absolute atomic E-state index is 12.0. The van der Waals surface area contributed by atoms with Gasteiger partial charge in [0.1, 0.15) is 0 Å². The predicted molar refractivity (Wildman–Crippen MR) is 297 cm³/mol. The second-order valence-corrected chi connectivity index (χ2v) is 18.3. The Bertz CT molecular complexity index is 1440. The van der Waals surface area contributed by atoms with Gasteiger partial charge in [-0.05, 0) is 64.5 Å². The largest absolute Gasteiger partial charge is 2.00 e. The first-order chi connectivity index (χ1) is 34.2. The molecule has 0 fully saturated rings. The normalized spacial score (nSPS) is 10.6. The molecule has 2 aromatic carbocycles. The Kier molecular flexibility index (Phi) is 58.2. The third-order valence-corrected chi connectivity index (χ3v) is 11.9. The number of carbonyl (C=O) groups excluding carboxylic acids is 4. The van der Waals surface area contributed by atoms with Gasteiger partial charge in [-0.25, -0.2) is 9.59 Å². The molecule has 0 spiro atoms. The van der Waals surface area contributed by atoms with E-state index in [4.69, 9.17) is 9.47 Å². The fourth-order valence-electron chi connectivity index (χ4n) is 7.61. The van der Waals surface area contributed by atoms with Crippen LogP contribution in [0.5, 0.6) is 0 Å². The van der Waals surface area contributed by atoms with Gasteiger partial charge in [0.2, 0.25) is 0 Å². The average Bonchev–Trinajstić information content (AvgIpc) is 3.37. The topological polar surface area (TPSA) is 133 Å². The Morgan fingerprint density at radius 2 is 0.662 bits per heavy atom. The summed E-state index contributed by atoms with van der Waals surface area (Å²) in [7, 11) is 0. The number of carboxylic acid groups (broad SMARTS) is 2. The molecule has 0 heterocycles. The smallest absolute Gasteiger partial charge is 0.545 e. The Labute approximate surface area is 452 Å². The summed E-state index contributed by atoms with van der Waals surface area (Å²) in [4.78, 5) is 46.0. The molecular weight excluding hydrogens is 991 g/mol. The van der Waals surface area contributed by atoms with E-state index in [1.165, 1.54) is 191 Å². The number of aromatic carboxylic acids is 2. The summed E-state index contributed by atoms with van der Waals surface area (Å²) in [6, 6.07) is 12.0. The van der Waals surface area contributed by atoms with Crippen molar-refractivity contribution < 1.29 is 38.9 Å². The molecule has 8 nitrogen and oxygen atoms in total. The molecule has 2 rings (SSSR count). The van der Waals surface area contributed by atoms with Gasteiger partial charge in [0.25, 0.3) is 0 Å². The van der Waals surface area contributed by atoms with Gasteiger partial charge < -0.3 is 29.3 Å². The Morgan fingerprint density at radius 3 is 0.930 bits per heavy atom. The van der Waals surface area contributed by atoms with Crippen LogP contribution in [0, 0.1) is 13.8 Å². The molecule has 0 aromatic heterocycles. The number of hydrogen-bond acceptors (Lipinski definition) is 8. The molecule has 0 saturated heterocycles. The van der Waals surface area contributed by atoms with Gasteiger partial charge in [0.15, 0.2) is 0 Å². The summed E-state index contributed by atoms with van der Waals surface area (Å²) < 4.78 is 10.4. The fourth-order valence-corrected chi connectivity index (χ4v) is 7.61. The molecule has 0 aliphatic carbocycles. The first kappa shape index (κ1) is 71.8. The maximum Gasteiger partial charge on any atom is 2.00 e. The molecule has 0 amide bonds. The molecule has 4 radical (unpaired) electrons. The van der Waals surface area contributed by atoms with E-state index >= 15 is 0 Å². The summed E-state index contributed by atoms with van der Waals surface area (Å²) in [6.07, 6.45) is 51.2. The van der Waals surface area contributed by atoms with Crippen molar-refractivity contribution in [1.82, 2.24) is 0 Å². The number of rotatable bonds is 40. The van der Waals surface area contributed by atoms with Crippen LogP contribution in [0.25, 0.3) is 0 Å². The van der Waals surface area contributed by atoms with Crippen LogP contribution in [-0.2, 0) is 9.47 Å². The van der Waals surface area contributed by atoms with Gasteiger partial charge in [-0.1, -0.05) is 268 Å². The van der Waals surface area contributed by atoms with E-state index in [0.29, 0.717) is 13.2 Å². The number of esters is 2. The molecule has 0 N–H and O–H groups in total. The van der Waals surface area contributed by atoms with Crippen molar-refractivity contribution >= 4 is 47.8 Å². The number of carboxylic acids is 2. The second kappa shape index (κ2) is 57.5. The van der Waals surface area contributed by atoms with Crippen molar-refractivity contribution in [2.45, 2.75) is 246 Å². The summed E-state index contributed by atoms with van der Waals surface area (Å²) >= 11 is 0. The number of hydrogen-bond donors (Lipinski definition) is 0. The van der Waals surface area contributed by atoms with Crippen LogP contribution in [-0.4, -0.2) is 61.0 Å². The molecule has 400 valence electrons. The zero-order valence-corrected chi connectivity index (χ0v) is 48.4. The minimum Gasteiger partial charge on any atom is -0.545 e. The van der Waals surface area contributed by atoms with Crippen molar-refractivity contribution in [3.63, 3.8) is 0 Å².